The monoisotopic (exact) mass is 289 g/mol. The van der Waals surface area contributed by atoms with Crippen molar-refractivity contribution in [1.82, 2.24) is 14.8 Å². The molecule has 0 saturated carbocycles. The first-order chi connectivity index (χ1) is 10.1. The predicted molar refractivity (Wildman–Crippen MR) is 82.4 cm³/mol. The normalized spacial score (nSPS) is 23.6. The number of amides is 1. The lowest BCUT2D eigenvalue weighted by Gasteiger charge is -2.33. The average Bonchev–Trinajstić information content (AvgIpc) is 2.94. The third kappa shape index (κ3) is 3.16. The topological polar surface area (TPSA) is 65.7 Å². The number of nitrogens with zero attached hydrogens (tertiary/aromatic N) is 4. The van der Waals surface area contributed by atoms with Gasteiger partial charge in [-0.05, 0) is 25.6 Å². The zero-order chi connectivity index (χ0) is 14.8. The van der Waals surface area contributed by atoms with E-state index in [4.69, 9.17) is 5.73 Å². The van der Waals surface area contributed by atoms with E-state index in [2.05, 4.69) is 21.8 Å². The summed E-state index contributed by atoms with van der Waals surface area (Å²) in [6.07, 6.45) is 2.62. The lowest BCUT2D eigenvalue weighted by Crippen LogP contribution is -2.44. The Morgan fingerprint density at radius 3 is 2.71 bits per heavy atom. The zero-order valence-electron chi connectivity index (χ0n) is 12.5. The summed E-state index contributed by atoms with van der Waals surface area (Å²) < 4.78 is 0. The van der Waals surface area contributed by atoms with Crippen LogP contribution >= 0.6 is 0 Å². The lowest BCUT2D eigenvalue weighted by atomic mass is 10.2. The minimum atomic E-state index is 0.0701. The molecule has 1 unspecified atom stereocenters. The second-order valence-electron chi connectivity index (χ2n) is 5.99. The van der Waals surface area contributed by atoms with Gasteiger partial charge in [0, 0.05) is 57.1 Å². The number of likely N-dealkylation sites (N-methyl/N-ethyl adjacent to an activating group) is 1. The highest BCUT2D eigenvalue weighted by Crippen LogP contribution is 2.18. The summed E-state index contributed by atoms with van der Waals surface area (Å²) in [5.74, 6) is 0.971. The number of anilines is 1. The Morgan fingerprint density at radius 2 is 2.05 bits per heavy atom. The first-order valence-corrected chi connectivity index (χ1v) is 7.58. The van der Waals surface area contributed by atoms with Gasteiger partial charge in [-0.3, -0.25) is 4.79 Å². The molecule has 0 radical (unpaired) electrons. The summed E-state index contributed by atoms with van der Waals surface area (Å²) in [6, 6.07) is 3.83. The van der Waals surface area contributed by atoms with Gasteiger partial charge in [-0.1, -0.05) is 0 Å². The molecular formula is C15H23N5O. The SMILES string of the molecule is CN1CCN(c2cc(C(=O)N3CCC(N)C3)ccn2)CC1. The highest BCUT2D eigenvalue weighted by molar-refractivity contribution is 5.95. The third-order valence-corrected chi connectivity index (χ3v) is 4.33. The number of hydrogen-bond acceptors (Lipinski definition) is 5. The summed E-state index contributed by atoms with van der Waals surface area (Å²) in [5.41, 5.74) is 6.60. The fraction of sp³-hybridized carbons (Fsp3) is 0.600. The molecule has 1 amide bonds. The summed E-state index contributed by atoms with van der Waals surface area (Å²) in [5, 5.41) is 0. The van der Waals surface area contributed by atoms with Crippen LogP contribution in [0.25, 0.3) is 0 Å². The summed E-state index contributed by atoms with van der Waals surface area (Å²) >= 11 is 0. The predicted octanol–water partition coefficient (Wildman–Crippen LogP) is 0.00660. The van der Waals surface area contributed by atoms with E-state index in [1.165, 1.54) is 0 Å². The molecule has 6 nitrogen and oxygen atoms in total. The molecule has 1 aromatic rings. The van der Waals surface area contributed by atoms with E-state index in [1.54, 1.807) is 12.3 Å². The first-order valence-electron chi connectivity index (χ1n) is 7.58. The molecule has 114 valence electrons. The Bertz CT molecular complexity index is 513. The second kappa shape index (κ2) is 5.99. The molecule has 21 heavy (non-hydrogen) atoms. The van der Waals surface area contributed by atoms with E-state index in [-0.39, 0.29) is 11.9 Å². The van der Waals surface area contributed by atoms with Crippen molar-refractivity contribution in [3.8, 4) is 0 Å². The molecule has 2 N–H and O–H groups in total. The smallest absolute Gasteiger partial charge is 0.254 e. The number of carbonyl (C=O) groups is 1. The maximum atomic E-state index is 12.5. The number of carbonyl (C=O) groups excluding carboxylic acids is 1. The van der Waals surface area contributed by atoms with Crippen molar-refractivity contribution in [2.24, 2.45) is 5.73 Å². The fourth-order valence-electron chi connectivity index (χ4n) is 2.91. The van der Waals surface area contributed by atoms with Crippen LogP contribution in [0, 0.1) is 0 Å². The van der Waals surface area contributed by atoms with Crippen LogP contribution in [0.15, 0.2) is 18.3 Å². The first kappa shape index (κ1) is 14.3. The van der Waals surface area contributed by atoms with Gasteiger partial charge in [-0.2, -0.15) is 0 Å². The van der Waals surface area contributed by atoms with Gasteiger partial charge < -0.3 is 20.4 Å². The van der Waals surface area contributed by atoms with Crippen LogP contribution in [0.5, 0.6) is 0 Å². The fourth-order valence-corrected chi connectivity index (χ4v) is 2.91. The second-order valence-corrected chi connectivity index (χ2v) is 5.99. The van der Waals surface area contributed by atoms with E-state index in [0.29, 0.717) is 12.1 Å². The van der Waals surface area contributed by atoms with Gasteiger partial charge in [0.15, 0.2) is 0 Å². The van der Waals surface area contributed by atoms with Crippen LogP contribution in [0.2, 0.25) is 0 Å². The van der Waals surface area contributed by atoms with Gasteiger partial charge in [0.05, 0.1) is 0 Å². The van der Waals surface area contributed by atoms with Crippen molar-refractivity contribution < 1.29 is 4.79 Å². The average molecular weight is 289 g/mol. The maximum absolute atomic E-state index is 12.5. The van der Waals surface area contributed by atoms with Crippen molar-refractivity contribution in [3.05, 3.63) is 23.9 Å². The number of likely N-dealkylation sites (tertiary alicyclic amines) is 1. The number of piperazine rings is 1. The van der Waals surface area contributed by atoms with Crippen molar-refractivity contribution in [2.45, 2.75) is 12.5 Å². The molecule has 2 fully saturated rings. The largest absolute Gasteiger partial charge is 0.354 e. The van der Waals surface area contributed by atoms with Gasteiger partial charge in [-0.15, -0.1) is 0 Å². The quantitative estimate of drug-likeness (QED) is 0.830. The molecule has 2 aliphatic rings. The molecular weight excluding hydrogens is 266 g/mol. The number of aromatic nitrogens is 1. The Morgan fingerprint density at radius 1 is 1.29 bits per heavy atom. The van der Waals surface area contributed by atoms with Gasteiger partial charge in [-0.25, -0.2) is 4.98 Å². The molecule has 6 heteroatoms. The Kier molecular flexibility index (Phi) is 4.07. The summed E-state index contributed by atoms with van der Waals surface area (Å²) in [4.78, 5) is 23.3. The standard InChI is InChI=1S/C15H23N5O/c1-18-6-8-19(9-7-18)14-10-12(2-4-17-14)15(21)20-5-3-13(16)11-20/h2,4,10,13H,3,5-9,11,16H2,1H3. The molecule has 1 aromatic heterocycles. The lowest BCUT2D eigenvalue weighted by molar-refractivity contribution is 0.0791. The molecule has 3 rings (SSSR count). The van der Waals surface area contributed by atoms with Gasteiger partial charge >= 0.3 is 0 Å². The molecule has 3 heterocycles. The van der Waals surface area contributed by atoms with Crippen LogP contribution in [-0.2, 0) is 0 Å². The van der Waals surface area contributed by atoms with Crippen LogP contribution < -0.4 is 10.6 Å². The van der Waals surface area contributed by atoms with Crippen molar-refractivity contribution in [3.63, 3.8) is 0 Å². The van der Waals surface area contributed by atoms with E-state index in [0.717, 1.165) is 45.0 Å². The van der Waals surface area contributed by atoms with Gasteiger partial charge in [0.25, 0.3) is 5.91 Å². The molecule has 1 atom stereocenters. The molecule has 2 aliphatic heterocycles. The van der Waals surface area contributed by atoms with Crippen LogP contribution in [-0.4, -0.2) is 73.0 Å². The molecule has 0 bridgehead atoms. The molecule has 0 aliphatic carbocycles. The third-order valence-electron chi connectivity index (χ3n) is 4.33. The Balaban J connectivity index is 1.72. The van der Waals surface area contributed by atoms with Crippen LogP contribution in [0.4, 0.5) is 5.82 Å². The maximum Gasteiger partial charge on any atom is 0.254 e. The zero-order valence-corrected chi connectivity index (χ0v) is 12.5. The van der Waals surface area contributed by atoms with Crippen LogP contribution in [0.1, 0.15) is 16.8 Å². The van der Waals surface area contributed by atoms with E-state index in [9.17, 15) is 4.79 Å². The molecule has 2 saturated heterocycles. The number of nitrogens with two attached hydrogens (primary N) is 1. The minimum absolute atomic E-state index is 0.0701. The van der Waals surface area contributed by atoms with Crippen LogP contribution in [0.3, 0.4) is 0 Å². The van der Waals surface area contributed by atoms with Gasteiger partial charge in [0.2, 0.25) is 0 Å². The molecule has 0 aromatic carbocycles. The van der Waals surface area contributed by atoms with E-state index in [1.807, 2.05) is 11.0 Å². The highest BCUT2D eigenvalue weighted by atomic mass is 16.2. The van der Waals surface area contributed by atoms with Gasteiger partial charge in [0.1, 0.15) is 5.82 Å². The Hall–Kier alpha value is -1.66. The Labute approximate surface area is 125 Å². The van der Waals surface area contributed by atoms with Crippen molar-refractivity contribution in [2.75, 3.05) is 51.2 Å². The number of rotatable bonds is 2. The molecule has 0 spiro atoms. The number of pyridine rings is 1. The minimum Gasteiger partial charge on any atom is -0.354 e. The number of hydrogen-bond donors (Lipinski definition) is 1. The highest BCUT2D eigenvalue weighted by Gasteiger charge is 2.25. The summed E-state index contributed by atoms with van der Waals surface area (Å²) in [7, 11) is 2.13. The van der Waals surface area contributed by atoms with E-state index < -0.39 is 0 Å². The van der Waals surface area contributed by atoms with Crippen molar-refractivity contribution in [1.29, 1.82) is 0 Å². The van der Waals surface area contributed by atoms with E-state index >= 15 is 0 Å². The summed E-state index contributed by atoms with van der Waals surface area (Å²) in [6.45, 7) is 5.38. The van der Waals surface area contributed by atoms with Crippen molar-refractivity contribution >= 4 is 11.7 Å².